The summed E-state index contributed by atoms with van der Waals surface area (Å²) in [5, 5.41) is 12.4. The van der Waals surface area contributed by atoms with E-state index >= 15 is 0 Å². The number of nitrogens with one attached hydrogen (secondary N) is 1. The van der Waals surface area contributed by atoms with E-state index in [-0.39, 0.29) is 16.4 Å². The lowest BCUT2D eigenvalue weighted by atomic mass is 9.96. The van der Waals surface area contributed by atoms with Gasteiger partial charge in [-0.05, 0) is 31.9 Å². The number of nitrogens with zero attached hydrogens (tertiary/aromatic N) is 1. The van der Waals surface area contributed by atoms with Gasteiger partial charge in [0.25, 0.3) is 5.69 Å². The van der Waals surface area contributed by atoms with Crippen LogP contribution in [0.1, 0.15) is 41.8 Å². The minimum Gasteiger partial charge on any atom is -0.354 e. The minimum atomic E-state index is -0.319. The highest BCUT2D eigenvalue weighted by Gasteiger charge is 2.20. The van der Waals surface area contributed by atoms with E-state index in [0.717, 1.165) is 39.7 Å². The Morgan fingerprint density at radius 3 is 2.64 bits per heavy atom. The molecular weight excluding hydrogens is 316 g/mol. The summed E-state index contributed by atoms with van der Waals surface area (Å²) in [5.41, 5.74) is 5.18. The number of aryl methyl sites for hydroxylation is 1. The molecule has 0 aliphatic carbocycles. The number of rotatable bonds is 5. The maximum Gasteiger partial charge on any atom is 0.273 e. The Morgan fingerprint density at radius 2 is 2.00 bits per heavy atom. The lowest BCUT2D eigenvalue weighted by Gasteiger charge is -2.09. The molecule has 1 N–H and O–H groups in total. The number of benzene rings is 2. The van der Waals surface area contributed by atoms with Crippen LogP contribution in [0, 0.1) is 17.0 Å². The summed E-state index contributed by atoms with van der Waals surface area (Å²) < 4.78 is 0. The Hall–Kier alpha value is -2.95. The molecular formula is C20H20N2O3. The second kappa shape index (κ2) is 6.51. The molecule has 1 aromatic heterocycles. The Labute approximate surface area is 145 Å². The summed E-state index contributed by atoms with van der Waals surface area (Å²) >= 11 is 0. The standard InChI is InChI=1S/C20H20N2O3/c1-4-6-16-17(7-5-8-19(16)22(24)25)20-12(2)15-10-9-14(13(3)23)11-18(15)21-20/h5,7-11,21H,4,6H2,1-3H3. The Balaban J connectivity index is 2.26. The van der Waals surface area contributed by atoms with E-state index in [2.05, 4.69) is 4.98 Å². The van der Waals surface area contributed by atoms with Crippen LogP contribution in [-0.4, -0.2) is 15.7 Å². The first kappa shape index (κ1) is 16.9. The average Bonchev–Trinajstić information content (AvgIpc) is 2.91. The molecule has 0 atom stereocenters. The van der Waals surface area contributed by atoms with Gasteiger partial charge in [0, 0.05) is 39.4 Å². The van der Waals surface area contributed by atoms with Crippen molar-refractivity contribution in [2.45, 2.75) is 33.6 Å². The number of aromatic amines is 1. The number of hydrogen-bond acceptors (Lipinski definition) is 3. The van der Waals surface area contributed by atoms with E-state index in [1.165, 1.54) is 6.92 Å². The molecule has 0 aliphatic heterocycles. The predicted octanol–water partition coefficient (Wildman–Crippen LogP) is 5.21. The molecule has 0 spiro atoms. The first-order chi connectivity index (χ1) is 11.9. The molecule has 1 heterocycles. The van der Waals surface area contributed by atoms with Gasteiger partial charge in [0.15, 0.2) is 5.78 Å². The van der Waals surface area contributed by atoms with Gasteiger partial charge in [-0.2, -0.15) is 0 Å². The van der Waals surface area contributed by atoms with E-state index < -0.39 is 0 Å². The maximum atomic E-state index is 11.6. The largest absolute Gasteiger partial charge is 0.354 e. The number of hydrogen-bond donors (Lipinski definition) is 1. The highest BCUT2D eigenvalue weighted by molar-refractivity contribution is 6.00. The summed E-state index contributed by atoms with van der Waals surface area (Å²) in [6, 6.07) is 10.8. The summed E-state index contributed by atoms with van der Waals surface area (Å²) in [4.78, 5) is 26.1. The maximum absolute atomic E-state index is 11.6. The number of nitro benzene ring substituents is 1. The normalized spacial score (nSPS) is 11.0. The van der Waals surface area contributed by atoms with Crippen LogP contribution in [0.2, 0.25) is 0 Å². The van der Waals surface area contributed by atoms with Crippen molar-refractivity contribution in [3.63, 3.8) is 0 Å². The molecule has 0 fully saturated rings. The van der Waals surface area contributed by atoms with Gasteiger partial charge < -0.3 is 4.98 Å². The van der Waals surface area contributed by atoms with Crippen molar-refractivity contribution in [3.8, 4) is 11.3 Å². The molecule has 3 rings (SSSR count). The van der Waals surface area contributed by atoms with Gasteiger partial charge in [-0.3, -0.25) is 14.9 Å². The molecule has 0 saturated carbocycles. The third-order valence-electron chi connectivity index (χ3n) is 4.58. The number of ketones is 1. The van der Waals surface area contributed by atoms with Gasteiger partial charge >= 0.3 is 0 Å². The summed E-state index contributed by atoms with van der Waals surface area (Å²) in [5.74, 6) is 0.0118. The molecule has 128 valence electrons. The van der Waals surface area contributed by atoms with Gasteiger partial charge in [0.1, 0.15) is 0 Å². The molecule has 0 radical (unpaired) electrons. The van der Waals surface area contributed by atoms with E-state index in [9.17, 15) is 14.9 Å². The smallest absolute Gasteiger partial charge is 0.273 e. The number of nitro groups is 1. The van der Waals surface area contributed by atoms with Gasteiger partial charge in [-0.1, -0.05) is 37.6 Å². The zero-order chi connectivity index (χ0) is 18.1. The van der Waals surface area contributed by atoms with E-state index in [4.69, 9.17) is 0 Å². The van der Waals surface area contributed by atoms with Crippen LogP contribution in [0.3, 0.4) is 0 Å². The highest BCUT2D eigenvalue weighted by atomic mass is 16.6. The van der Waals surface area contributed by atoms with Crippen molar-refractivity contribution in [1.29, 1.82) is 0 Å². The number of carbonyl (C=O) groups excluding carboxylic acids is 1. The van der Waals surface area contributed by atoms with Crippen molar-refractivity contribution in [2.75, 3.05) is 0 Å². The number of carbonyl (C=O) groups is 1. The number of H-pyrrole nitrogens is 1. The summed E-state index contributed by atoms with van der Waals surface area (Å²) in [7, 11) is 0. The number of fused-ring (bicyclic) bond motifs is 1. The van der Waals surface area contributed by atoms with Crippen molar-refractivity contribution in [3.05, 3.63) is 63.2 Å². The van der Waals surface area contributed by atoms with Crippen molar-refractivity contribution in [2.24, 2.45) is 0 Å². The Bertz CT molecular complexity index is 986. The van der Waals surface area contributed by atoms with Gasteiger partial charge in [0.05, 0.1) is 4.92 Å². The SMILES string of the molecule is CCCc1c(-c2[nH]c3cc(C(C)=O)ccc3c2C)cccc1[N+](=O)[O-]. The molecule has 0 unspecified atom stereocenters. The Kier molecular flexibility index (Phi) is 4.40. The van der Waals surface area contributed by atoms with Crippen LogP contribution in [0.25, 0.3) is 22.2 Å². The van der Waals surface area contributed by atoms with Crippen molar-refractivity contribution < 1.29 is 9.72 Å². The lowest BCUT2D eigenvalue weighted by Crippen LogP contribution is -1.98. The summed E-state index contributed by atoms with van der Waals surface area (Å²) in [6.07, 6.45) is 1.46. The van der Waals surface area contributed by atoms with Gasteiger partial charge in [-0.15, -0.1) is 0 Å². The molecule has 0 saturated heterocycles. The van der Waals surface area contributed by atoms with Crippen molar-refractivity contribution in [1.82, 2.24) is 4.98 Å². The zero-order valence-electron chi connectivity index (χ0n) is 14.6. The molecule has 25 heavy (non-hydrogen) atoms. The van der Waals surface area contributed by atoms with Crippen LogP contribution in [-0.2, 0) is 6.42 Å². The molecule has 0 aliphatic rings. The van der Waals surface area contributed by atoms with E-state index in [1.807, 2.05) is 38.1 Å². The monoisotopic (exact) mass is 336 g/mol. The van der Waals surface area contributed by atoms with Crippen LogP contribution in [0.4, 0.5) is 5.69 Å². The van der Waals surface area contributed by atoms with Crippen LogP contribution < -0.4 is 0 Å². The molecule has 5 nitrogen and oxygen atoms in total. The topological polar surface area (TPSA) is 76.0 Å². The van der Waals surface area contributed by atoms with Crippen LogP contribution >= 0.6 is 0 Å². The minimum absolute atomic E-state index is 0.0118. The number of Topliss-reactive ketones (excluding diaryl/α,β-unsaturated/α-hetero) is 1. The average molecular weight is 336 g/mol. The third kappa shape index (κ3) is 2.93. The first-order valence-electron chi connectivity index (χ1n) is 8.34. The van der Waals surface area contributed by atoms with E-state index in [1.54, 1.807) is 12.1 Å². The molecule has 2 aromatic carbocycles. The molecule has 0 bridgehead atoms. The second-order valence-electron chi connectivity index (χ2n) is 6.25. The van der Waals surface area contributed by atoms with Crippen LogP contribution in [0.5, 0.6) is 0 Å². The fraction of sp³-hybridized carbons (Fsp3) is 0.250. The second-order valence-corrected chi connectivity index (χ2v) is 6.25. The predicted molar refractivity (Wildman–Crippen MR) is 99.1 cm³/mol. The van der Waals surface area contributed by atoms with Crippen molar-refractivity contribution >= 4 is 22.4 Å². The fourth-order valence-corrected chi connectivity index (χ4v) is 3.32. The molecule has 3 aromatic rings. The molecule has 5 heteroatoms. The Morgan fingerprint density at radius 1 is 1.24 bits per heavy atom. The van der Waals surface area contributed by atoms with E-state index in [0.29, 0.717) is 12.0 Å². The van der Waals surface area contributed by atoms with Crippen LogP contribution in [0.15, 0.2) is 36.4 Å². The third-order valence-corrected chi connectivity index (χ3v) is 4.58. The highest BCUT2D eigenvalue weighted by Crippen LogP contribution is 2.36. The van der Waals surface area contributed by atoms with Gasteiger partial charge in [0.2, 0.25) is 0 Å². The fourth-order valence-electron chi connectivity index (χ4n) is 3.32. The first-order valence-corrected chi connectivity index (χ1v) is 8.34. The number of aromatic nitrogens is 1. The lowest BCUT2D eigenvalue weighted by molar-refractivity contribution is -0.385. The quantitative estimate of drug-likeness (QED) is 0.395. The van der Waals surface area contributed by atoms with Gasteiger partial charge in [-0.25, -0.2) is 0 Å². The zero-order valence-corrected chi connectivity index (χ0v) is 14.6. The molecule has 0 amide bonds. The summed E-state index contributed by atoms with van der Waals surface area (Å²) in [6.45, 7) is 5.55.